The molecule has 4 aromatic rings. The molecule has 0 aliphatic carbocycles. The van der Waals surface area contributed by atoms with Crippen LogP contribution in [0.5, 0.6) is 0 Å². The van der Waals surface area contributed by atoms with Gasteiger partial charge in [0, 0.05) is 16.0 Å². The van der Waals surface area contributed by atoms with E-state index in [1.807, 2.05) is 19.1 Å². The first-order valence-electron chi connectivity index (χ1n) is 10.6. The van der Waals surface area contributed by atoms with Crippen LogP contribution in [-0.4, -0.2) is 19.3 Å². The average Bonchev–Trinajstić information content (AvgIpc) is 3.41. The van der Waals surface area contributed by atoms with E-state index in [1.165, 1.54) is 41.4 Å². The minimum absolute atomic E-state index is 0.0344. The van der Waals surface area contributed by atoms with Gasteiger partial charge in [-0.1, -0.05) is 55.8 Å². The van der Waals surface area contributed by atoms with Crippen molar-refractivity contribution in [2.24, 2.45) is 0 Å². The number of anilines is 1. The van der Waals surface area contributed by atoms with E-state index >= 15 is 0 Å². The van der Waals surface area contributed by atoms with Crippen molar-refractivity contribution in [1.29, 1.82) is 0 Å². The first kappa shape index (κ1) is 22.9. The van der Waals surface area contributed by atoms with E-state index in [1.54, 1.807) is 18.2 Å². The molecule has 0 atom stereocenters. The zero-order valence-electron chi connectivity index (χ0n) is 18.4. The van der Waals surface area contributed by atoms with Crippen LogP contribution < -0.4 is 5.32 Å². The zero-order chi connectivity index (χ0) is 23.4. The summed E-state index contributed by atoms with van der Waals surface area (Å²) >= 11 is 1.36. The SMILES string of the molecule is CCCc1ccc(-c2nc(NC(=O)c3occc3CS(=O)(=O)c3ccccc3)sc2C)cc1. The fourth-order valence-electron chi connectivity index (χ4n) is 3.55. The Kier molecular flexibility index (Phi) is 6.76. The number of sulfone groups is 1. The molecule has 1 amide bonds. The smallest absolute Gasteiger partial charge is 0.293 e. The van der Waals surface area contributed by atoms with Crippen molar-refractivity contribution < 1.29 is 17.6 Å². The summed E-state index contributed by atoms with van der Waals surface area (Å²) in [5.74, 6) is -0.896. The molecule has 0 unspecified atom stereocenters. The van der Waals surface area contributed by atoms with Crippen molar-refractivity contribution in [2.45, 2.75) is 37.3 Å². The van der Waals surface area contributed by atoms with Crippen LogP contribution >= 0.6 is 11.3 Å². The van der Waals surface area contributed by atoms with Gasteiger partial charge in [-0.05, 0) is 37.1 Å². The van der Waals surface area contributed by atoms with E-state index in [0.717, 1.165) is 29.0 Å². The molecule has 0 fully saturated rings. The zero-order valence-corrected chi connectivity index (χ0v) is 20.0. The second-order valence-electron chi connectivity index (χ2n) is 7.67. The number of furan rings is 1. The lowest BCUT2D eigenvalue weighted by Gasteiger charge is -2.05. The lowest BCUT2D eigenvalue weighted by molar-refractivity contribution is 0.0995. The Balaban J connectivity index is 1.51. The molecular formula is C25H24N2O4S2. The van der Waals surface area contributed by atoms with Crippen molar-refractivity contribution in [2.75, 3.05) is 5.32 Å². The second-order valence-corrected chi connectivity index (χ2v) is 10.9. The van der Waals surface area contributed by atoms with Crippen molar-refractivity contribution >= 4 is 32.2 Å². The summed E-state index contributed by atoms with van der Waals surface area (Å²) < 4.78 is 30.8. The highest BCUT2D eigenvalue weighted by Gasteiger charge is 2.23. The van der Waals surface area contributed by atoms with E-state index in [9.17, 15) is 13.2 Å². The molecule has 0 aliphatic rings. The number of aromatic nitrogens is 1. The third-order valence-corrected chi connectivity index (χ3v) is 7.75. The third kappa shape index (κ3) is 5.23. The van der Waals surface area contributed by atoms with Crippen molar-refractivity contribution in [3.63, 3.8) is 0 Å². The number of rotatable bonds is 8. The Bertz CT molecular complexity index is 1360. The van der Waals surface area contributed by atoms with Crippen molar-refractivity contribution in [3.05, 3.63) is 88.7 Å². The Morgan fingerprint density at radius 2 is 1.79 bits per heavy atom. The highest BCUT2D eigenvalue weighted by Crippen LogP contribution is 2.31. The van der Waals surface area contributed by atoms with E-state index in [-0.39, 0.29) is 16.4 Å². The summed E-state index contributed by atoms with van der Waals surface area (Å²) in [4.78, 5) is 18.6. The van der Waals surface area contributed by atoms with Crippen LogP contribution in [0.15, 0.2) is 76.2 Å². The molecule has 8 heteroatoms. The first-order valence-corrected chi connectivity index (χ1v) is 13.1. The summed E-state index contributed by atoms with van der Waals surface area (Å²) in [6.45, 7) is 4.10. The van der Waals surface area contributed by atoms with Gasteiger partial charge in [0.1, 0.15) is 0 Å². The summed E-state index contributed by atoms with van der Waals surface area (Å²) in [5.41, 5.74) is 3.37. The molecule has 170 valence electrons. The second kappa shape index (κ2) is 9.72. The fourth-order valence-corrected chi connectivity index (χ4v) is 5.76. The van der Waals surface area contributed by atoms with Gasteiger partial charge < -0.3 is 4.42 Å². The standard InChI is InChI=1S/C25H24N2O4S2/c1-3-7-18-10-12-19(13-11-18)22-17(2)32-25(26-22)27-24(28)23-20(14-15-31-23)16-33(29,30)21-8-5-4-6-9-21/h4-6,8-15H,3,7,16H2,1-2H3,(H,26,27,28). The van der Waals surface area contributed by atoms with Gasteiger partial charge in [0.2, 0.25) is 0 Å². The maximum atomic E-state index is 12.9. The number of carbonyl (C=O) groups is 1. The van der Waals surface area contributed by atoms with E-state index in [0.29, 0.717) is 10.7 Å². The molecule has 0 saturated heterocycles. The molecule has 1 N–H and O–H groups in total. The highest BCUT2D eigenvalue weighted by molar-refractivity contribution is 7.90. The number of thiazole rings is 1. The van der Waals surface area contributed by atoms with E-state index < -0.39 is 15.7 Å². The Hall–Kier alpha value is -3.23. The predicted molar refractivity (Wildman–Crippen MR) is 130 cm³/mol. The van der Waals surface area contributed by atoms with Gasteiger partial charge in [-0.15, -0.1) is 11.3 Å². The van der Waals surface area contributed by atoms with Gasteiger partial charge in [-0.25, -0.2) is 13.4 Å². The molecule has 6 nitrogen and oxygen atoms in total. The molecule has 4 rings (SSSR count). The number of nitrogens with one attached hydrogen (secondary N) is 1. The monoisotopic (exact) mass is 480 g/mol. The van der Waals surface area contributed by atoms with Crippen LogP contribution in [-0.2, 0) is 22.0 Å². The van der Waals surface area contributed by atoms with Gasteiger partial charge in [-0.2, -0.15) is 0 Å². The maximum Gasteiger partial charge on any atom is 0.293 e. The Morgan fingerprint density at radius 1 is 1.06 bits per heavy atom. The fraction of sp³-hybridized carbons (Fsp3) is 0.200. The van der Waals surface area contributed by atoms with Crippen molar-refractivity contribution in [1.82, 2.24) is 4.98 Å². The van der Waals surface area contributed by atoms with E-state index in [4.69, 9.17) is 4.42 Å². The molecule has 2 aromatic carbocycles. The number of aryl methyl sites for hydroxylation is 2. The molecular weight excluding hydrogens is 456 g/mol. The van der Waals surface area contributed by atoms with Gasteiger partial charge in [0.05, 0.1) is 22.6 Å². The molecule has 2 heterocycles. The van der Waals surface area contributed by atoms with Crippen LogP contribution in [0, 0.1) is 6.92 Å². The van der Waals surface area contributed by atoms with Gasteiger partial charge in [-0.3, -0.25) is 10.1 Å². The topological polar surface area (TPSA) is 89.3 Å². The normalized spacial score (nSPS) is 11.5. The minimum atomic E-state index is -3.61. The Labute approximate surface area is 197 Å². The summed E-state index contributed by atoms with van der Waals surface area (Å²) in [6, 6.07) is 17.9. The summed E-state index contributed by atoms with van der Waals surface area (Å²) in [7, 11) is -3.61. The maximum absolute atomic E-state index is 12.9. The van der Waals surface area contributed by atoms with Crippen molar-refractivity contribution in [3.8, 4) is 11.3 Å². The number of amides is 1. The average molecular weight is 481 g/mol. The molecule has 0 aliphatic heterocycles. The van der Waals surface area contributed by atoms with Crippen LogP contribution in [0.1, 0.15) is 39.9 Å². The summed E-state index contributed by atoms with van der Waals surface area (Å²) in [6.07, 6.45) is 3.44. The Morgan fingerprint density at radius 3 is 2.48 bits per heavy atom. The van der Waals surface area contributed by atoms with Gasteiger partial charge in [0.25, 0.3) is 5.91 Å². The van der Waals surface area contributed by atoms with Gasteiger partial charge in [0.15, 0.2) is 20.7 Å². The minimum Gasteiger partial charge on any atom is -0.459 e. The number of nitrogens with zero attached hydrogens (tertiary/aromatic N) is 1. The highest BCUT2D eigenvalue weighted by atomic mass is 32.2. The third-order valence-electron chi connectivity index (χ3n) is 5.18. The van der Waals surface area contributed by atoms with Crippen LogP contribution in [0.2, 0.25) is 0 Å². The molecule has 33 heavy (non-hydrogen) atoms. The van der Waals surface area contributed by atoms with Crippen LogP contribution in [0.3, 0.4) is 0 Å². The lowest BCUT2D eigenvalue weighted by Crippen LogP contribution is -2.14. The largest absolute Gasteiger partial charge is 0.459 e. The van der Waals surface area contributed by atoms with Crippen LogP contribution in [0.4, 0.5) is 5.13 Å². The quantitative estimate of drug-likeness (QED) is 0.340. The molecule has 0 spiro atoms. The number of benzene rings is 2. The van der Waals surface area contributed by atoms with Gasteiger partial charge >= 0.3 is 0 Å². The van der Waals surface area contributed by atoms with E-state index in [2.05, 4.69) is 29.4 Å². The summed E-state index contributed by atoms with van der Waals surface area (Å²) in [5, 5.41) is 3.18. The molecule has 2 aromatic heterocycles. The molecule has 0 radical (unpaired) electrons. The molecule has 0 bridgehead atoms. The van der Waals surface area contributed by atoms with Crippen LogP contribution in [0.25, 0.3) is 11.3 Å². The first-order chi connectivity index (χ1) is 15.9. The predicted octanol–water partition coefficient (Wildman–Crippen LogP) is 5.89. The number of carbonyl (C=O) groups excluding carboxylic acids is 1. The number of hydrogen-bond donors (Lipinski definition) is 1. The lowest BCUT2D eigenvalue weighted by atomic mass is 10.1. The number of hydrogen-bond acceptors (Lipinski definition) is 6. The molecule has 0 saturated carbocycles.